The van der Waals surface area contributed by atoms with Gasteiger partial charge in [-0.1, -0.05) is 77.8 Å². The number of carbonyl (C=O) groups excluding carboxylic acids is 3. The van der Waals surface area contributed by atoms with E-state index >= 15 is 0 Å². The largest absolute Gasteiger partial charge is 0.466 e. The summed E-state index contributed by atoms with van der Waals surface area (Å²) in [7, 11) is 0. The Labute approximate surface area is 232 Å². The van der Waals surface area contributed by atoms with Crippen LogP contribution >= 0.6 is 23.2 Å². The van der Waals surface area contributed by atoms with Crippen molar-refractivity contribution in [2.24, 2.45) is 0 Å². The predicted octanol–water partition coefficient (Wildman–Crippen LogP) is 5.17. The summed E-state index contributed by atoms with van der Waals surface area (Å²) < 4.78 is 5.38. The number of hydrogen-bond donors (Lipinski definition) is 2. The molecule has 1 aliphatic rings. The standard InChI is InChI=1S/C29H29Cl2N3O4/c30-22-12-6-13-23(31)28(22)33-24-14-5-4-11-21(24)18-26(35)34-16-15-32-29(37)25(34)19-27(36)38-17-7-10-20-8-2-1-3-9-20/h1-6,8-9,11-14,25,33H,7,10,15-19H2,(H,32,37). The third kappa shape index (κ3) is 7.27. The Bertz CT molecular complexity index is 1270. The molecule has 1 saturated heterocycles. The highest BCUT2D eigenvalue weighted by atomic mass is 35.5. The number of esters is 1. The van der Waals surface area contributed by atoms with Gasteiger partial charge in [0.15, 0.2) is 0 Å². The predicted molar refractivity (Wildman–Crippen MR) is 149 cm³/mol. The number of benzene rings is 3. The highest BCUT2D eigenvalue weighted by Gasteiger charge is 2.35. The molecule has 3 aromatic rings. The molecule has 7 nitrogen and oxygen atoms in total. The van der Waals surface area contributed by atoms with Crippen LogP contribution in [-0.2, 0) is 32.0 Å². The van der Waals surface area contributed by atoms with Crippen molar-refractivity contribution in [3.8, 4) is 0 Å². The number of halogens is 2. The second-order valence-corrected chi connectivity index (χ2v) is 9.78. The normalized spacial score (nSPS) is 15.1. The van der Waals surface area contributed by atoms with Crippen LogP contribution in [0.25, 0.3) is 0 Å². The molecule has 9 heteroatoms. The number of hydrogen-bond acceptors (Lipinski definition) is 5. The Morgan fingerprint density at radius 3 is 2.45 bits per heavy atom. The van der Waals surface area contributed by atoms with Gasteiger partial charge in [-0.3, -0.25) is 14.4 Å². The lowest BCUT2D eigenvalue weighted by molar-refractivity contribution is -0.151. The van der Waals surface area contributed by atoms with Gasteiger partial charge in [0.25, 0.3) is 0 Å². The van der Waals surface area contributed by atoms with E-state index in [1.54, 1.807) is 18.2 Å². The molecule has 0 spiro atoms. The van der Waals surface area contributed by atoms with Gasteiger partial charge < -0.3 is 20.3 Å². The summed E-state index contributed by atoms with van der Waals surface area (Å²) >= 11 is 12.6. The van der Waals surface area contributed by atoms with Crippen molar-refractivity contribution in [3.05, 3.63) is 94.0 Å². The van der Waals surface area contributed by atoms with Crippen LogP contribution in [0.5, 0.6) is 0 Å². The van der Waals surface area contributed by atoms with Gasteiger partial charge in [-0.15, -0.1) is 0 Å². The lowest BCUT2D eigenvalue weighted by Gasteiger charge is -2.34. The smallest absolute Gasteiger partial charge is 0.308 e. The molecular formula is C29H29Cl2N3O4. The Kier molecular flexibility index (Phi) is 9.62. The van der Waals surface area contributed by atoms with Gasteiger partial charge in [-0.25, -0.2) is 0 Å². The van der Waals surface area contributed by atoms with Crippen LogP contribution in [0.4, 0.5) is 11.4 Å². The number of aryl methyl sites for hydroxylation is 1. The Balaban J connectivity index is 1.38. The summed E-state index contributed by atoms with van der Waals surface area (Å²) in [6.45, 7) is 0.879. The first kappa shape index (κ1) is 27.5. The fourth-order valence-electron chi connectivity index (χ4n) is 4.35. The van der Waals surface area contributed by atoms with E-state index in [9.17, 15) is 14.4 Å². The number of nitrogens with one attached hydrogen (secondary N) is 2. The molecule has 1 heterocycles. The molecule has 0 bridgehead atoms. The number of para-hydroxylation sites is 2. The van der Waals surface area contributed by atoms with Gasteiger partial charge in [-0.2, -0.15) is 0 Å². The van der Waals surface area contributed by atoms with Crippen LogP contribution in [0.2, 0.25) is 10.0 Å². The molecule has 2 N–H and O–H groups in total. The van der Waals surface area contributed by atoms with E-state index < -0.39 is 12.0 Å². The van der Waals surface area contributed by atoms with Crippen molar-refractivity contribution in [3.63, 3.8) is 0 Å². The van der Waals surface area contributed by atoms with E-state index in [-0.39, 0.29) is 31.3 Å². The first-order valence-electron chi connectivity index (χ1n) is 12.5. The van der Waals surface area contributed by atoms with Crippen molar-refractivity contribution in [1.82, 2.24) is 10.2 Å². The topological polar surface area (TPSA) is 87.7 Å². The lowest BCUT2D eigenvalue weighted by atomic mass is 10.0. The molecule has 1 unspecified atom stereocenters. The Morgan fingerprint density at radius 1 is 0.974 bits per heavy atom. The molecule has 1 fully saturated rings. The van der Waals surface area contributed by atoms with E-state index in [0.717, 1.165) is 6.42 Å². The highest BCUT2D eigenvalue weighted by Crippen LogP contribution is 2.33. The van der Waals surface area contributed by atoms with Gasteiger partial charge >= 0.3 is 5.97 Å². The maximum absolute atomic E-state index is 13.4. The molecule has 1 aliphatic heterocycles. The van der Waals surface area contributed by atoms with Crippen molar-refractivity contribution in [1.29, 1.82) is 0 Å². The number of rotatable bonds is 10. The summed E-state index contributed by atoms with van der Waals surface area (Å²) in [4.78, 5) is 40.0. The lowest BCUT2D eigenvalue weighted by Crippen LogP contribution is -2.58. The zero-order valence-corrected chi connectivity index (χ0v) is 22.3. The van der Waals surface area contributed by atoms with Crippen molar-refractivity contribution in [2.75, 3.05) is 25.0 Å². The fourth-order valence-corrected chi connectivity index (χ4v) is 4.84. The van der Waals surface area contributed by atoms with Crippen molar-refractivity contribution >= 4 is 52.4 Å². The molecule has 0 aliphatic carbocycles. The quantitative estimate of drug-likeness (QED) is 0.267. The number of anilines is 2. The minimum Gasteiger partial charge on any atom is -0.466 e. The average molecular weight is 554 g/mol. The minimum atomic E-state index is -0.920. The van der Waals surface area contributed by atoms with Gasteiger partial charge in [0.05, 0.1) is 35.2 Å². The third-order valence-electron chi connectivity index (χ3n) is 6.31. The van der Waals surface area contributed by atoms with Gasteiger partial charge in [0.2, 0.25) is 11.8 Å². The molecule has 1 atom stereocenters. The maximum Gasteiger partial charge on any atom is 0.308 e. The van der Waals surface area contributed by atoms with E-state index in [1.165, 1.54) is 10.5 Å². The second kappa shape index (κ2) is 13.3. The summed E-state index contributed by atoms with van der Waals surface area (Å²) in [5.41, 5.74) is 3.09. The Hall–Kier alpha value is -3.55. The summed E-state index contributed by atoms with van der Waals surface area (Å²) in [5, 5.41) is 6.88. The number of nitrogens with zero attached hydrogens (tertiary/aromatic N) is 1. The summed E-state index contributed by atoms with van der Waals surface area (Å²) in [6, 6.07) is 21.5. The van der Waals surface area contributed by atoms with Gasteiger partial charge in [-0.05, 0) is 42.2 Å². The number of carbonyl (C=O) groups is 3. The zero-order chi connectivity index (χ0) is 26.9. The first-order valence-corrected chi connectivity index (χ1v) is 13.2. The molecular weight excluding hydrogens is 525 g/mol. The zero-order valence-electron chi connectivity index (χ0n) is 20.8. The molecule has 38 heavy (non-hydrogen) atoms. The monoisotopic (exact) mass is 553 g/mol. The number of piperazine rings is 1. The SMILES string of the molecule is O=C(CC1C(=O)NCCN1C(=O)Cc1ccccc1Nc1c(Cl)cccc1Cl)OCCCc1ccccc1. The van der Waals surface area contributed by atoms with Crippen LogP contribution in [0.15, 0.2) is 72.8 Å². The highest BCUT2D eigenvalue weighted by molar-refractivity contribution is 6.39. The van der Waals surface area contributed by atoms with Crippen molar-refractivity contribution < 1.29 is 19.1 Å². The minimum absolute atomic E-state index is 0.0289. The van der Waals surface area contributed by atoms with Crippen molar-refractivity contribution in [2.45, 2.75) is 31.7 Å². The molecule has 0 aromatic heterocycles. The third-order valence-corrected chi connectivity index (χ3v) is 6.94. The Morgan fingerprint density at radius 2 is 1.68 bits per heavy atom. The van der Waals surface area contributed by atoms with E-state index in [2.05, 4.69) is 10.6 Å². The second-order valence-electron chi connectivity index (χ2n) is 8.96. The van der Waals surface area contributed by atoms with Crippen LogP contribution < -0.4 is 10.6 Å². The molecule has 4 rings (SSSR count). The van der Waals surface area contributed by atoms with Crippen LogP contribution in [0.3, 0.4) is 0 Å². The number of ether oxygens (including phenoxy) is 1. The maximum atomic E-state index is 13.4. The van der Waals surface area contributed by atoms with E-state index in [1.807, 2.05) is 54.6 Å². The molecule has 0 saturated carbocycles. The molecule has 3 aromatic carbocycles. The fraction of sp³-hybridized carbons (Fsp3) is 0.276. The van der Waals surface area contributed by atoms with Gasteiger partial charge in [0.1, 0.15) is 6.04 Å². The molecule has 2 amide bonds. The molecule has 198 valence electrons. The summed E-state index contributed by atoms with van der Waals surface area (Å²) in [6.07, 6.45) is 1.29. The summed E-state index contributed by atoms with van der Waals surface area (Å²) in [5.74, 6) is -1.13. The van der Waals surface area contributed by atoms with Crippen LogP contribution in [0.1, 0.15) is 24.0 Å². The first-order chi connectivity index (χ1) is 18.4. The average Bonchev–Trinajstić information content (AvgIpc) is 2.91. The van der Waals surface area contributed by atoms with Crippen LogP contribution in [0, 0.1) is 0 Å². The van der Waals surface area contributed by atoms with Crippen LogP contribution in [-0.4, -0.2) is 48.4 Å². The van der Waals surface area contributed by atoms with E-state index in [4.69, 9.17) is 27.9 Å². The van der Waals surface area contributed by atoms with Gasteiger partial charge in [0, 0.05) is 18.8 Å². The molecule has 0 radical (unpaired) electrons. The number of amides is 2. The van der Waals surface area contributed by atoms with E-state index in [0.29, 0.717) is 46.5 Å².